The summed E-state index contributed by atoms with van der Waals surface area (Å²) in [6.07, 6.45) is 7.62. The van der Waals surface area contributed by atoms with E-state index in [1.165, 1.54) is 19.3 Å². The third-order valence-electron chi connectivity index (χ3n) is 4.01. The summed E-state index contributed by atoms with van der Waals surface area (Å²) < 4.78 is 5.14. The van der Waals surface area contributed by atoms with E-state index < -0.39 is 0 Å². The number of aromatic nitrogens is 2. The summed E-state index contributed by atoms with van der Waals surface area (Å²) in [5.41, 5.74) is 0. The topological polar surface area (TPSA) is 68.0 Å². The van der Waals surface area contributed by atoms with Gasteiger partial charge in [-0.3, -0.25) is 4.79 Å². The standard InChI is InChI=1S/C15H25N3O2/c1-3-6-13-17-15(20-18-13)10-9-14(19)16-12-8-5-4-7-11(12)2/h11-12H,3-10H2,1-2H3,(H,16,19)/t11-,12-/m1/s1. The molecule has 1 heterocycles. The van der Waals surface area contributed by atoms with E-state index in [2.05, 4.69) is 29.3 Å². The van der Waals surface area contributed by atoms with Gasteiger partial charge in [0, 0.05) is 25.3 Å². The Morgan fingerprint density at radius 1 is 1.35 bits per heavy atom. The number of aryl methyl sites for hydroxylation is 2. The van der Waals surface area contributed by atoms with Crippen LogP contribution in [0.25, 0.3) is 0 Å². The molecule has 1 fully saturated rings. The molecule has 1 N–H and O–H groups in total. The van der Waals surface area contributed by atoms with Crippen molar-refractivity contribution in [1.82, 2.24) is 15.5 Å². The van der Waals surface area contributed by atoms with E-state index in [4.69, 9.17) is 4.52 Å². The largest absolute Gasteiger partial charge is 0.353 e. The van der Waals surface area contributed by atoms with Crippen molar-refractivity contribution in [2.75, 3.05) is 0 Å². The van der Waals surface area contributed by atoms with Crippen LogP contribution in [0.5, 0.6) is 0 Å². The summed E-state index contributed by atoms with van der Waals surface area (Å²) in [6.45, 7) is 4.30. The molecule has 20 heavy (non-hydrogen) atoms. The molecule has 0 radical (unpaired) electrons. The van der Waals surface area contributed by atoms with Gasteiger partial charge in [-0.2, -0.15) is 4.98 Å². The van der Waals surface area contributed by atoms with E-state index in [0.717, 1.165) is 25.1 Å². The van der Waals surface area contributed by atoms with Gasteiger partial charge in [-0.25, -0.2) is 0 Å². The molecular formula is C15H25N3O2. The molecule has 0 unspecified atom stereocenters. The van der Waals surface area contributed by atoms with Gasteiger partial charge in [0.2, 0.25) is 11.8 Å². The number of nitrogens with one attached hydrogen (secondary N) is 1. The van der Waals surface area contributed by atoms with Gasteiger partial charge in [-0.1, -0.05) is 31.8 Å². The SMILES string of the molecule is CCCc1noc(CCC(=O)N[C@@H]2CCCC[C@H]2C)n1. The fraction of sp³-hybridized carbons (Fsp3) is 0.800. The Hall–Kier alpha value is -1.39. The highest BCUT2D eigenvalue weighted by Crippen LogP contribution is 2.23. The average Bonchev–Trinajstić information content (AvgIpc) is 2.87. The lowest BCUT2D eigenvalue weighted by atomic mass is 9.86. The van der Waals surface area contributed by atoms with Gasteiger partial charge < -0.3 is 9.84 Å². The quantitative estimate of drug-likeness (QED) is 0.869. The molecule has 0 spiro atoms. The van der Waals surface area contributed by atoms with E-state index in [1.54, 1.807) is 0 Å². The summed E-state index contributed by atoms with van der Waals surface area (Å²) >= 11 is 0. The van der Waals surface area contributed by atoms with Crippen molar-refractivity contribution in [1.29, 1.82) is 0 Å². The van der Waals surface area contributed by atoms with Gasteiger partial charge in [0.25, 0.3) is 0 Å². The van der Waals surface area contributed by atoms with Crippen LogP contribution in [0.15, 0.2) is 4.52 Å². The van der Waals surface area contributed by atoms with Crippen LogP contribution in [-0.4, -0.2) is 22.1 Å². The van der Waals surface area contributed by atoms with E-state index in [0.29, 0.717) is 30.7 Å². The number of rotatable bonds is 6. The molecule has 5 heteroatoms. The Balaban J connectivity index is 1.73. The fourth-order valence-corrected chi connectivity index (χ4v) is 2.75. The van der Waals surface area contributed by atoms with Gasteiger partial charge >= 0.3 is 0 Å². The van der Waals surface area contributed by atoms with Crippen LogP contribution < -0.4 is 5.32 Å². The van der Waals surface area contributed by atoms with Crippen LogP contribution in [-0.2, 0) is 17.6 Å². The van der Waals surface area contributed by atoms with Gasteiger partial charge in [0.1, 0.15) is 0 Å². The van der Waals surface area contributed by atoms with Crippen LogP contribution in [0, 0.1) is 5.92 Å². The molecule has 2 atom stereocenters. The Bertz CT molecular complexity index is 431. The number of hydrogen-bond donors (Lipinski definition) is 1. The molecule has 1 amide bonds. The molecule has 1 aromatic rings. The summed E-state index contributed by atoms with van der Waals surface area (Å²) in [7, 11) is 0. The van der Waals surface area contributed by atoms with Crippen molar-refractivity contribution in [2.24, 2.45) is 5.92 Å². The number of carbonyl (C=O) groups is 1. The lowest BCUT2D eigenvalue weighted by Crippen LogP contribution is -2.41. The first-order chi connectivity index (χ1) is 9.69. The van der Waals surface area contributed by atoms with E-state index in [-0.39, 0.29) is 5.91 Å². The fourth-order valence-electron chi connectivity index (χ4n) is 2.75. The van der Waals surface area contributed by atoms with Crippen molar-refractivity contribution in [3.05, 3.63) is 11.7 Å². The first-order valence-corrected chi connectivity index (χ1v) is 7.80. The summed E-state index contributed by atoms with van der Waals surface area (Å²) in [5, 5.41) is 7.04. The van der Waals surface area contributed by atoms with Crippen LogP contribution >= 0.6 is 0 Å². The highest BCUT2D eigenvalue weighted by Gasteiger charge is 2.22. The molecule has 5 nitrogen and oxygen atoms in total. The van der Waals surface area contributed by atoms with Crippen molar-refractivity contribution in [2.45, 2.75) is 71.3 Å². The first-order valence-electron chi connectivity index (χ1n) is 7.80. The van der Waals surface area contributed by atoms with Crippen molar-refractivity contribution in [3.8, 4) is 0 Å². The molecule has 112 valence electrons. The minimum atomic E-state index is 0.0963. The lowest BCUT2D eigenvalue weighted by molar-refractivity contribution is -0.122. The van der Waals surface area contributed by atoms with Crippen LogP contribution in [0.4, 0.5) is 0 Å². The van der Waals surface area contributed by atoms with Gasteiger partial charge in [-0.05, 0) is 25.2 Å². The predicted octanol–water partition coefficient (Wildman–Crippen LogP) is 2.65. The van der Waals surface area contributed by atoms with E-state index in [9.17, 15) is 4.79 Å². The van der Waals surface area contributed by atoms with E-state index >= 15 is 0 Å². The predicted molar refractivity (Wildman–Crippen MR) is 76.2 cm³/mol. The molecule has 0 saturated heterocycles. The lowest BCUT2D eigenvalue weighted by Gasteiger charge is -2.29. The number of hydrogen-bond acceptors (Lipinski definition) is 4. The smallest absolute Gasteiger partial charge is 0.227 e. The minimum Gasteiger partial charge on any atom is -0.353 e. The molecule has 1 aliphatic carbocycles. The number of carbonyl (C=O) groups excluding carboxylic acids is 1. The molecule has 1 saturated carbocycles. The zero-order valence-corrected chi connectivity index (χ0v) is 12.5. The Morgan fingerprint density at radius 2 is 2.15 bits per heavy atom. The summed E-state index contributed by atoms with van der Waals surface area (Å²) in [6, 6.07) is 0.342. The second kappa shape index (κ2) is 7.41. The zero-order chi connectivity index (χ0) is 14.4. The maximum Gasteiger partial charge on any atom is 0.227 e. The average molecular weight is 279 g/mol. The molecule has 0 aliphatic heterocycles. The van der Waals surface area contributed by atoms with E-state index in [1.807, 2.05) is 0 Å². The molecule has 1 aliphatic rings. The van der Waals surface area contributed by atoms with Gasteiger partial charge in [0.15, 0.2) is 5.82 Å². The molecule has 0 bridgehead atoms. The van der Waals surface area contributed by atoms with Crippen molar-refractivity contribution in [3.63, 3.8) is 0 Å². The number of amides is 1. The van der Waals surface area contributed by atoms with Crippen molar-refractivity contribution >= 4 is 5.91 Å². The van der Waals surface area contributed by atoms with Gasteiger partial charge in [-0.15, -0.1) is 0 Å². The molecule has 2 rings (SSSR count). The minimum absolute atomic E-state index is 0.0963. The summed E-state index contributed by atoms with van der Waals surface area (Å²) in [5.74, 6) is 2.00. The maximum atomic E-state index is 12.0. The summed E-state index contributed by atoms with van der Waals surface area (Å²) in [4.78, 5) is 16.2. The Labute approximate surface area is 120 Å². The second-order valence-corrected chi connectivity index (χ2v) is 5.79. The van der Waals surface area contributed by atoms with Crippen LogP contribution in [0.1, 0.15) is 64.1 Å². The monoisotopic (exact) mass is 279 g/mol. The zero-order valence-electron chi connectivity index (χ0n) is 12.5. The van der Waals surface area contributed by atoms with Gasteiger partial charge in [0.05, 0.1) is 0 Å². The van der Waals surface area contributed by atoms with Crippen molar-refractivity contribution < 1.29 is 9.32 Å². The third kappa shape index (κ3) is 4.32. The molecular weight excluding hydrogens is 254 g/mol. The Morgan fingerprint density at radius 3 is 2.90 bits per heavy atom. The maximum absolute atomic E-state index is 12.0. The highest BCUT2D eigenvalue weighted by atomic mass is 16.5. The highest BCUT2D eigenvalue weighted by molar-refractivity contribution is 5.76. The molecule has 0 aromatic carbocycles. The first kappa shape index (κ1) is 15.0. The number of nitrogens with zero attached hydrogens (tertiary/aromatic N) is 2. The van der Waals surface area contributed by atoms with Crippen LogP contribution in [0.3, 0.4) is 0 Å². The normalized spacial score (nSPS) is 22.7. The third-order valence-corrected chi connectivity index (χ3v) is 4.01. The molecule has 1 aromatic heterocycles. The van der Waals surface area contributed by atoms with Crippen LogP contribution in [0.2, 0.25) is 0 Å². The Kier molecular flexibility index (Phi) is 5.56. The second-order valence-electron chi connectivity index (χ2n) is 5.79.